The van der Waals surface area contributed by atoms with Crippen molar-refractivity contribution < 1.29 is 4.43 Å². The largest absolute Gasteiger partial charge is 0.427 e. The summed E-state index contributed by atoms with van der Waals surface area (Å²) in [5, 5.41) is 0. The third-order valence-corrected chi connectivity index (χ3v) is 3.38. The molecule has 0 aromatic rings. The van der Waals surface area contributed by atoms with Gasteiger partial charge in [0, 0.05) is 7.11 Å². The van der Waals surface area contributed by atoms with Gasteiger partial charge in [0.2, 0.25) is 0 Å². The summed E-state index contributed by atoms with van der Waals surface area (Å²) in [5.41, 5.74) is 0. The summed E-state index contributed by atoms with van der Waals surface area (Å²) in [5.74, 6) is 1.75. The van der Waals surface area contributed by atoms with Crippen LogP contribution in [0.3, 0.4) is 0 Å². The second-order valence-corrected chi connectivity index (χ2v) is 4.00. The van der Waals surface area contributed by atoms with Crippen LogP contribution in [0.1, 0.15) is 6.92 Å². The molecule has 0 spiro atoms. The molecule has 0 aromatic carbocycles. The lowest BCUT2D eigenvalue weighted by Crippen LogP contribution is -2.02. The summed E-state index contributed by atoms with van der Waals surface area (Å²) in [7, 11) is 1.60. The van der Waals surface area contributed by atoms with Gasteiger partial charge >= 0.3 is 0 Å². The molecule has 0 N–H and O–H groups in total. The van der Waals surface area contributed by atoms with Crippen molar-refractivity contribution in [2.45, 2.75) is 13.0 Å². The van der Waals surface area contributed by atoms with E-state index in [0.717, 1.165) is 11.7 Å². The molecule has 0 aliphatic carbocycles. The van der Waals surface area contributed by atoms with Gasteiger partial charge in [0.05, 0.1) is 0 Å². The van der Waals surface area contributed by atoms with Gasteiger partial charge in [-0.3, -0.25) is 0 Å². The maximum Gasteiger partial charge on any atom is 0.161 e. The first-order chi connectivity index (χ1) is 3.81. The lowest BCUT2D eigenvalue weighted by molar-refractivity contribution is 0.435. The smallest absolute Gasteiger partial charge is 0.161 e. The van der Waals surface area contributed by atoms with Crippen molar-refractivity contribution in [2.24, 2.45) is 5.92 Å². The van der Waals surface area contributed by atoms with Crippen LogP contribution in [-0.4, -0.2) is 22.6 Å². The minimum atomic E-state index is -0.186. The summed E-state index contributed by atoms with van der Waals surface area (Å²) in [6.07, 6.45) is 0. The normalized spacial score (nSPS) is 15.4. The highest BCUT2D eigenvalue weighted by molar-refractivity contribution is 7.80. The van der Waals surface area contributed by atoms with Gasteiger partial charge in [-0.2, -0.15) is 12.6 Å². The topological polar surface area (TPSA) is 9.23 Å². The number of thiol groups is 1. The monoisotopic (exact) mass is 150 g/mol. The van der Waals surface area contributed by atoms with E-state index in [1.807, 2.05) is 0 Å². The standard InChI is InChI=1S/C5H14OSSi/c1-5(3-7)4-8-6-2/h5,7H,3-4,8H2,1-2H3. The molecule has 0 aliphatic rings. The van der Waals surface area contributed by atoms with E-state index >= 15 is 0 Å². The Bertz CT molecular complexity index is 51.7. The summed E-state index contributed by atoms with van der Waals surface area (Å²) in [6.45, 7) is 2.21. The van der Waals surface area contributed by atoms with Crippen LogP contribution in [0.15, 0.2) is 0 Å². The van der Waals surface area contributed by atoms with Crippen LogP contribution in [-0.2, 0) is 4.43 Å². The van der Waals surface area contributed by atoms with Gasteiger partial charge in [-0.05, 0) is 17.7 Å². The fraction of sp³-hybridized carbons (Fsp3) is 1.00. The van der Waals surface area contributed by atoms with Gasteiger partial charge < -0.3 is 4.43 Å². The summed E-state index contributed by atoms with van der Waals surface area (Å²) >= 11 is 4.16. The molecule has 0 bridgehead atoms. The van der Waals surface area contributed by atoms with Gasteiger partial charge in [-0.15, -0.1) is 0 Å². The van der Waals surface area contributed by atoms with Gasteiger partial charge in [0.25, 0.3) is 0 Å². The second kappa shape index (κ2) is 5.66. The Balaban J connectivity index is 2.86. The van der Waals surface area contributed by atoms with Gasteiger partial charge in [0.1, 0.15) is 0 Å². The summed E-state index contributed by atoms with van der Waals surface area (Å²) in [6, 6.07) is 1.26. The molecular weight excluding hydrogens is 136 g/mol. The molecule has 3 heteroatoms. The molecular formula is C5H14OSSi. The highest BCUT2D eigenvalue weighted by atomic mass is 32.1. The zero-order chi connectivity index (χ0) is 6.41. The zero-order valence-electron chi connectivity index (χ0n) is 5.55. The van der Waals surface area contributed by atoms with Crippen molar-refractivity contribution >= 4 is 22.4 Å². The zero-order valence-corrected chi connectivity index (χ0v) is 7.86. The number of hydrogen-bond acceptors (Lipinski definition) is 2. The maximum absolute atomic E-state index is 5.02. The molecule has 0 aliphatic heterocycles. The molecule has 0 amide bonds. The van der Waals surface area contributed by atoms with E-state index in [4.69, 9.17) is 4.43 Å². The van der Waals surface area contributed by atoms with Gasteiger partial charge in [0.15, 0.2) is 9.76 Å². The minimum absolute atomic E-state index is 0.186. The minimum Gasteiger partial charge on any atom is -0.427 e. The van der Waals surface area contributed by atoms with Crippen molar-refractivity contribution in [2.75, 3.05) is 12.9 Å². The van der Waals surface area contributed by atoms with Crippen LogP contribution in [0.4, 0.5) is 0 Å². The Morgan fingerprint density at radius 1 is 1.75 bits per heavy atom. The van der Waals surface area contributed by atoms with E-state index in [0.29, 0.717) is 0 Å². The molecule has 0 rings (SSSR count). The first-order valence-corrected chi connectivity index (χ1v) is 5.12. The number of hydrogen-bond donors (Lipinski definition) is 1. The molecule has 1 nitrogen and oxygen atoms in total. The SMILES string of the molecule is CO[SiH2]CC(C)CS. The lowest BCUT2D eigenvalue weighted by Gasteiger charge is -2.03. The number of rotatable bonds is 4. The third kappa shape index (κ3) is 4.68. The Hall–Kier alpha value is 0.527. The van der Waals surface area contributed by atoms with Crippen LogP contribution in [0.2, 0.25) is 6.04 Å². The molecule has 8 heavy (non-hydrogen) atoms. The average molecular weight is 150 g/mol. The molecule has 0 aromatic heterocycles. The van der Waals surface area contributed by atoms with Gasteiger partial charge in [-0.25, -0.2) is 0 Å². The van der Waals surface area contributed by atoms with Crippen LogP contribution in [0.25, 0.3) is 0 Å². The van der Waals surface area contributed by atoms with E-state index in [1.165, 1.54) is 6.04 Å². The molecule has 0 radical (unpaired) electrons. The van der Waals surface area contributed by atoms with Crippen molar-refractivity contribution in [3.63, 3.8) is 0 Å². The van der Waals surface area contributed by atoms with Crippen molar-refractivity contribution in [3.05, 3.63) is 0 Å². The van der Waals surface area contributed by atoms with Crippen LogP contribution in [0, 0.1) is 5.92 Å². The van der Waals surface area contributed by atoms with E-state index < -0.39 is 0 Å². The molecule has 1 atom stereocenters. The van der Waals surface area contributed by atoms with Crippen molar-refractivity contribution in [1.29, 1.82) is 0 Å². The van der Waals surface area contributed by atoms with Crippen LogP contribution >= 0.6 is 12.6 Å². The molecule has 0 saturated heterocycles. The van der Waals surface area contributed by atoms with Crippen LogP contribution in [0.5, 0.6) is 0 Å². The first kappa shape index (κ1) is 8.53. The highest BCUT2D eigenvalue weighted by Gasteiger charge is 1.96. The summed E-state index contributed by atoms with van der Waals surface area (Å²) < 4.78 is 5.02. The Kier molecular flexibility index (Phi) is 6.03. The average Bonchev–Trinajstić information content (AvgIpc) is 1.83. The van der Waals surface area contributed by atoms with E-state index in [9.17, 15) is 0 Å². The summed E-state index contributed by atoms with van der Waals surface area (Å²) in [4.78, 5) is 0. The van der Waals surface area contributed by atoms with Crippen molar-refractivity contribution in [1.82, 2.24) is 0 Å². The second-order valence-electron chi connectivity index (χ2n) is 2.07. The van der Waals surface area contributed by atoms with Gasteiger partial charge in [-0.1, -0.05) is 6.92 Å². The fourth-order valence-electron chi connectivity index (χ4n) is 0.410. The quantitative estimate of drug-likeness (QED) is 0.458. The Labute approximate surface area is 59.2 Å². The fourth-order valence-corrected chi connectivity index (χ4v) is 1.78. The Morgan fingerprint density at radius 3 is 2.75 bits per heavy atom. The lowest BCUT2D eigenvalue weighted by atomic mass is 10.3. The predicted octanol–water partition coefficient (Wildman–Crippen LogP) is 0.701. The first-order valence-electron chi connectivity index (χ1n) is 2.91. The van der Waals surface area contributed by atoms with E-state index in [-0.39, 0.29) is 9.76 Å². The van der Waals surface area contributed by atoms with E-state index in [1.54, 1.807) is 7.11 Å². The molecule has 50 valence electrons. The molecule has 0 heterocycles. The molecule has 0 saturated carbocycles. The maximum atomic E-state index is 5.02. The molecule has 1 unspecified atom stereocenters. The third-order valence-electron chi connectivity index (χ3n) is 1.13. The van der Waals surface area contributed by atoms with Crippen molar-refractivity contribution in [3.8, 4) is 0 Å². The van der Waals surface area contributed by atoms with E-state index in [2.05, 4.69) is 19.6 Å². The predicted molar refractivity (Wildman–Crippen MR) is 43.4 cm³/mol. The molecule has 0 fully saturated rings. The highest BCUT2D eigenvalue weighted by Crippen LogP contribution is 2.02. The van der Waals surface area contributed by atoms with Crippen LogP contribution < -0.4 is 0 Å². The Morgan fingerprint density at radius 2 is 2.38 bits per heavy atom.